The number of carbonyl (C=O) groups excluding carboxylic acids is 1. The number of carbonyl (C=O) groups is 1. The first kappa shape index (κ1) is 19.9. The molecule has 166 valence electrons. The lowest BCUT2D eigenvalue weighted by atomic mass is 10.0. The predicted octanol–water partition coefficient (Wildman–Crippen LogP) is 5.78. The van der Waals surface area contributed by atoms with Crippen molar-refractivity contribution in [1.82, 2.24) is 25.1 Å². The van der Waals surface area contributed by atoms with Gasteiger partial charge in [-0.3, -0.25) is 19.9 Å². The van der Waals surface area contributed by atoms with Crippen LogP contribution >= 0.6 is 0 Å². The first-order valence-corrected chi connectivity index (χ1v) is 10.9. The van der Waals surface area contributed by atoms with E-state index in [9.17, 15) is 4.79 Å². The van der Waals surface area contributed by atoms with Crippen molar-refractivity contribution < 1.29 is 9.21 Å². The maximum absolute atomic E-state index is 11.8. The Morgan fingerprint density at radius 3 is 2.71 bits per heavy atom. The third kappa shape index (κ3) is 3.41. The Hall–Kier alpha value is -4.72. The van der Waals surface area contributed by atoms with Crippen LogP contribution in [0.3, 0.4) is 0 Å². The summed E-state index contributed by atoms with van der Waals surface area (Å²) < 4.78 is 5.26. The normalized spacial score (nSPS) is 11.3. The molecule has 0 fully saturated rings. The molecule has 6 rings (SSSR count). The number of furan rings is 1. The number of H-pyrrole nitrogens is 2. The number of hydrogen-bond acceptors (Lipinski definition) is 5. The van der Waals surface area contributed by atoms with Crippen LogP contribution in [0, 0.1) is 0 Å². The predicted molar refractivity (Wildman–Crippen MR) is 131 cm³/mol. The Labute approximate surface area is 194 Å². The number of pyridine rings is 2. The zero-order valence-corrected chi connectivity index (χ0v) is 18.3. The van der Waals surface area contributed by atoms with Crippen molar-refractivity contribution in [2.75, 3.05) is 5.32 Å². The average Bonchev–Trinajstić information content (AvgIpc) is 3.62. The van der Waals surface area contributed by atoms with Crippen LogP contribution in [0.25, 0.3) is 55.4 Å². The number of fused-ring (bicyclic) bond motifs is 2. The molecule has 5 aromatic heterocycles. The second kappa shape index (κ2) is 8.00. The topological polar surface area (TPSA) is 112 Å². The van der Waals surface area contributed by atoms with Gasteiger partial charge in [0.2, 0.25) is 5.91 Å². The van der Waals surface area contributed by atoms with Gasteiger partial charge < -0.3 is 14.7 Å². The smallest absolute Gasteiger partial charge is 0.224 e. The number of anilines is 1. The van der Waals surface area contributed by atoms with E-state index in [4.69, 9.17) is 4.42 Å². The van der Waals surface area contributed by atoms with Crippen molar-refractivity contribution in [3.05, 3.63) is 73.7 Å². The van der Waals surface area contributed by atoms with E-state index in [2.05, 4.69) is 42.6 Å². The van der Waals surface area contributed by atoms with Gasteiger partial charge in [0, 0.05) is 46.3 Å². The Morgan fingerprint density at radius 2 is 1.85 bits per heavy atom. The molecule has 0 aliphatic heterocycles. The molecule has 0 radical (unpaired) electrons. The van der Waals surface area contributed by atoms with Gasteiger partial charge in [-0.1, -0.05) is 13.0 Å². The minimum Gasteiger partial charge on any atom is -0.472 e. The summed E-state index contributed by atoms with van der Waals surface area (Å²) in [4.78, 5) is 23.9. The van der Waals surface area contributed by atoms with Crippen LogP contribution in [-0.4, -0.2) is 31.1 Å². The fraction of sp³-hybridized carbons (Fsp3) is 0.0769. The highest BCUT2D eigenvalue weighted by Gasteiger charge is 2.15. The minimum atomic E-state index is -0.0467. The molecule has 34 heavy (non-hydrogen) atoms. The maximum Gasteiger partial charge on any atom is 0.224 e. The summed E-state index contributed by atoms with van der Waals surface area (Å²) in [5.74, 6) is -0.0467. The van der Waals surface area contributed by atoms with Crippen molar-refractivity contribution in [1.29, 1.82) is 0 Å². The van der Waals surface area contributed by atoms with Crippen LogP contribution in [0.5, 0.6) is 0 Å². The molecular weight excluding hydrogens is 428 g/mol. The number of aromatic nitrogens is 5. The summed E-state index contributed by atoms with van der Waals surface area (Å²) in [5.41, 5.74) is 8.07. The van der Waals surface area contributed by atoms with Crippen LogP contribution in [0.15, 0.2) is 78.1 Å². The minimum absolute atomic E-state index is 0.0467. The summed E-state index contributed by atoms with van der Waals surface area (Å²) in [7, 11) is 0. The van der Waals surface area contributed by atoms with Crippen LogP contribution in [0.2, 0.25) is 0 Å². The van der Waals surface area contributed by atoms with Gasteiger partial charge in [0.1, 0.15) is 5.69 Å². The van der Waals surface area contributed by atoms with Gasteiger partial charge in [-0.2, -0.15) is 5.10 Å². The molecule has 1 amide bonds. The second-order valence-corrected chi connectivity index (χ2v) is 8.04. The summed E-state index contributed by atoms with van der Waals surface area (Å²) in [6.07, 6.45) is 10.9. The molecule has 0 unspecified atom stereocenters. The van der Waals surface area contributed by atoms with E-state index in [1.54, 1.807) is 24.9 Å². The summed E-state index contributed by atoms with van der Waals surface area (Å²) in [6, 6.07) is 12.0. The van der Waals surface area contributed by atoms with Gasteiger partial charge in [-0.05, 0) is 35.9 Å². The van der Waals surface area contributed by atoms with Crippen molar-refractivity contribution in [3.8, 4) is 33.6 Å². The highest BCUT2D eigenvalue weighted by atomic mass is 16.3. The quantitative estimate of drug-likeness (QED) is 0.310. The van der Waals surface area contributed by atoms with E-state index in [1.165, 1.54) is 0 Å². The maximum atomic E-state index is 11.8. The Kier molecular flexibility index (Phi) is 4.69. The van der Waals surface area contributed by atoms with Gasteiger partial charge in [0.25, 0.3) is 0 Å². The zero-order chi connectivity index (χ0) is 23.1. The van der Waals surface area contributed by atoms with Crippen LogP contribution in [0.1, 0.15) is 13.3 Å². The van der Waals surface area contributed by atoms with E-state index < -0.39 is 0 Å². The molecule has 8 heteroatoms. The molecule has 8 nitrogen and oxygen atoms in total. The van der Waals surface area contributed by atoms with Gasteiger partial charge in [0.15, 0.2) is 0 Å². The number of aromatic amines is 2. The summed E-state index contributed by atoms with van der Waals surface area (Å²) in [6.45, 7) is 1.82. The lowest BCUT2D eigenvalue weighted by molar-refractivity contribution is -0.115. The first-order valence-electron chi connectivity index (χ1n) is 10.9. The summed E-state index contributed by atoms with van der Waals surface area (Å²) in [5, 5.41) is 12.6. The van der Waals surface area contributed by atoms with Gasteiger partial charge in [-0.25, -0.2) is 0 Å². The SMILES string of the molecule is CCC(=O)Nc1cncc(-c2ccc3[nH]nc(-c4cc5c(-c6ccoc6)cncc5[nH]4)c3c2)c1. The molecule has 0 spiro atoms. The monoisotopic (exact) mass is 448 g/mol. The molecule has 0 aliphatic carbocycles. The highest BCUT2D eigenvalue weighted by Crippen LogP contribution is 2.35. The van der Waals surface area contributed by atoms with Gasteiger partial charge >= 0.3 is 0 Å². The van der Waals surface area contributed by atoms with Crippen molar-refractivity contribution in [2.45, 2.75) is 13.3 Å². The van der Waals surface area contributed by atoms with Gasteiger partial charge in [0.05, 0.1) is 47.3 Å². The van der Waals surface area contributed by atoms with Crippen molar-refractivity contribution in [3.63, 3.8) is 0 Å². The second-order valence-electron chi connectivity index (χ2n) is 8.04. The molecule has 6 aromatic rings. The lowest BCUT2D eigenvalue weighted by Crippen LogP contribution is -2.09. The average molecular weight is 448 g/mol. The van der Waals surface area contributed by atoms with E-state index in [0.717, 1.165) is 55.4 Å². The molecule has 0 bridgehead atoms. The van der Waals surface area contributed by atoms with E-state index in [1.807, 2.05) is 43.6 Å². The largest absolute Gasteiger partial charge is 0.472 e. The molecule has 0 saturated carbocycles. The first-order chi connectivity index (χ1) is 16.7. The molecule has 5 heterocycles. The number of rotatable bonds is 5. The Morgan fingerprint density at radius 1 is 0.941 bits per heavy atom. The number of nitrogens with one attached hydrogen (secondary N) is 3. The number of hydrogen-bond donors (Lipinski definition) is 3. The number of benzene rings is 1. The Bertz CT molecular complexity index is 1650. The standard InChI is InChI=1S/C26H20N6O2/c1-2-25(33)29-18-7-17(10-27-11-18)15-3-4-22-20(8-15)26(32-31-22)23-9-19-21(16-5-6-34-14-16)12-28-13-24(19)30-23/h3-14,30H,2H2,1H3,(H,29,33)(H,31,32). The highest BCUT2D eigenvalue weighted by molar-refractivity contribution is 6.01. The molecule has 0 aliphatic rings. The van der Waals surface area contributed by atoms with Crippen molar-refractivity contribution in [2.24, 2.45) is 0 Å². The third-order valence-electron chi connectivity index (χ3n) is 5.87. The number of nitrogens with zero attached hydrogens (tertiary/aromatic N) is 3. The van der Waals surface area contributed by atoms with Gasteiger partial charge in [-0.15, -0.1) is 0 Å². The van der Waals surface area contributed by atoms with E-state index in [-0.39, 0.29) is 5.91 Å². The lowest BCUT2D eigenvalue weighted by Gasteiger charge is -2.06. The fourth-order valence-electron chi connectivity index (χ4n) is 4.14. The van der Waals surface area contributed by atoms with E-state index >= 15 is 0 Å². The zero-order valence-electron chi connectivity index (χ0n) is 18.3. The molecular formula is C26H20N6O2. The fourth-order valence-corrected chi connectivity index (χ4v) is 4.14. The molecule has 1 aromatic carbocycles. The Balaban J connectivity index is 1.43. The van der Waals surface area contributed by atoms with Crippen LogP contribution < -0.4 is 5.32 Å². The number of amides is 1. The summed E-state index contributed by atoms with van der Waals surface area (Å²) >= 11 is 0. The molecule has 0 atom stereocenters. The molecule has 0 saturated heterocycles. The van der Waals surface area contributed by atoms with Crippen LogP contribution in [0.4, 0.5) is 5.69 Å². The third-order valence-corrected chi connectivity index (χ3v) is 5.87. The van der Waals surface area contributed by atoms with E-state index in [0.29, 0.717) is 12.1 Å². The van der Waals surface area contributed by atoms with Crippen LogP contribution in [-0.2, 0) is 4.79 Å². The van der Waals surface area contributed by atoms with Crippen molar-refractivity contribution >= 4 is 33.4 Å². The molecule has 3 N–H and O–H groups in total.